The van der Waals surface area contributed by atoms with Gasteiger partial charge < -0.3 is 16.2 Å². The van der Waals surface area contributed by atoms with Gasteiger partial charge in [-0.05, 0) is 40.5 Å². The molecule has 4 N–H and O–H groups in total. The van der Waals surface area contributed by atoms with E-state index in [1.54, 1.807) is 12.1 Å². The highest BCUT2D eigenvalue weighted by molar-refractivity contribution is 9.10. The van der Waals surface area contributed by atoms with Crippen molar-refractivity contribution >= 4 is 33.5 Å². The van der Waals surface area contributed by atoms with Gasteiger partial charge in [0.15, 0.2) is 0 Å². The van der Waals surface area contributed by atoms with E-state index < -0.39 is 17.9 Å². The van der Waals surface area contributed by atoms with Gasteiger partial charge in [0.25, 0.3) is 5.91 Å². The molecule has 0 spiro atoms. The molecule has 1 aromatic rings. The number of benzene rings is 1. The zero-order valence-electron chi connectivity index (χ0n) is 10.6. The Labute approximate surface area is 120 Å². The number of carbonyl (C=O) groups is 2. The number of unbranched alkanes of at least 4 members (excludes halogenated alkanes) is 1. The molecule has 1 unspecified atom stereocenters. The fourth-order valence-electron chi connectivity index (χ4n) is 1.59. The predicted molar refractivity (Wildman–Crippen MR) is 77.0 cm³/mol. The number of halogens is 1. The molecule has 1 aromatic carbocycles. The number of carbonyl (C=O) groups excluding carboxylic acids is 1. The van der Waals surface area contributed by atoms with Crippen LogP contribution in [-0.2, 0) is 4.79 Å². The van der Waals surface area contributed by atoms with E-state index in [2.05, 4.69) is 21.2 Å². The predicted octanol–water partition coefficient (Wildman–Crippen LogP) is 2.40. The maximum absolute atomic E-state index is 11.9. The van der Waals surface area contributed by atoms with Crippen LogP contribution in [0.2, 0.25) is 0 Å². The van der Waals surface area contributed by atoms with Crippen LogP contribution in [0.4, 0.5) is 5.69 Å². The van der Waals surface area contributed by atoms with Gasteiger partial charge in [0, 0.05) is 15.7 Å². The summed E-state index contributed by atoms with van der Waals surface area (Å²) in [6.07, 6.45) is 2.05. The second kappa shape index (κ2) is 7.13. The molecule has 0 fully saturated rings. The normalized spacial score (nSPS) is 11.9. The molecule has 19 heavy (non-hydrogen) atoms. The van der Waals surface area contributed by atoms with Crippen molar-refractivity contribution < 1.29 is 14.7 Å². The van der Waals surface area contributed by atoms with Crippen molar-refractivity contribution in [1.82, 2.24) is 5.32 Å². The number of aliphatic carboxylic acids is 1. The standard InChI is InChI=1S/C13H17BrN2O3/c1-2-3-4-11(13(18)19)16-12(17)8-5-6-9(14)10(15)7-8/h5-7,11H,2-4,15H2,1H3,(H,16,17)(H,18,19). The van der Waals surface area contributed by atoms with Crippen molar-refractivity contribution in [2.75, 3.05) is 5.73 Å². The Morgan fingerprint density at radius 3 is 2.68 bits per heavy atom. The van der Waals surface area contributed by atoms with E-state index >= 15 is 0 Å². The van der Waals surface area contributed by atoms with Gasteiger partial charge in [-0.25, -0.2) is 4.79 Å². The molecule has 0 radical (unpaired) electrons. The molecule has 6 heteroatoms. The number of nitrogens with one attached hydrogen (secondary N) is 1. The number of hydrogen-bond donors (Lipinski definition) is 3. The first-order chi connectivity index (χ1) is 8.95. The highest BCUT2D eigenvalue weighted by Gasteiger charge is 2.20. The Hall–Kier alpha value is -1.56. The Balaban J connectivity index is 2.75. The molecule has 0 saturated carbocycles. The third kappa shape index (κ3) is 4.55. The monoisotopic (exact) mass is 328 g/mol. The molecule has 1 rings (SSSR count). The molecule has 0 heterocycles. The van der Waals surface area contributed by atoms with Crippen LogP contribution in [0.25, 0.3) is 0 Å². The third-order valence-electron chi connectivity index (χ3n) is 2.71. The van der Waals surface area contributed by atoms with Gasteiger partial charge >= 0.3 is 5.97 Å². The van der Waals surface area contributed by atoms with Gasteiger partial charge in [-0.2, -0.15) is 0 Å². The van der Waals surface area contributed by atoms with Crippen LogP contribution in [0.15, 0.2) is 22.7 Å². The first-order valence-corrected chi connectivity index (χ1v) is 6.83. The molecule has 0 saturated heterocycles. The van der Waals surface area contributed by atoms with E-state index in [0.717, 1.165) is 12.8 Å². The van der Waals surface area contributed by atoms with Crippen molar-refractivity contribution in [2.24, 2.45) is 0 Å². The number of amides is 1. The minimum Gasteiger partial charge on any atom is -0.480 e. The van der Waals surface area contributed by atoms with Gasteiger partial charge in [-0.1, -0.05) is 19.8 Å². The van der Waals surface area contributed by atoms with Crippen LogP contribution in [0.5, 0.6) is 0 Å². The number of rotatable bonds is 6. The zero-order chi connectivity index (χ0) is 14.4. The summed E-state index contributed by atoms with van der Waals surface area (Å²) in [5, 5.41) is 11.6. The van der Waals surface area contributed by atoms with Crippen LogP contribution in [-0.4, -0.2) is 23.0 Å². The van der Waals surface area contributed by atoms with Crippen LogP contribution in [0, 0.1) is 0 Å². The van der Waals surface area contributed by atoms with Crippen LogP contribution < -0.4 is 11.1 Å². The lowest BCUT2D eigenvalue weighted by Crippen LogP contribution is -2.40. The molecule has 0 aromatic heterocycles. The summed E-state index contributed by atoms with van der Waals surface area (Å²) in [7, 11) is 0. The minimum atomic E-state index is -1.02. The van der Waals surface area contributed by atoms with E-state index in [-0.39, 0.29) is 0 Å². The highest BCUT2D eigenvalue weighted by atomic mass is 79.9. The fourth-order valence-corrected chi connectivity index (χ4v) is 1.84. The molecule has 104 valence electrons. The number of nitrogens with two attached hydrogens (primary N) is 1. The summed E-state index contributed by atoms with van der Waals surface area (Å²) in [6, 6.07) is 3.90. The number of carboxylic acid groups (broad SMARTS) is 1. The van der Waals surface area contributed by atoms with E-state index in [9.17, 15) is 9.59 Å². The van der Waals surface area contributed by atoms with Crippen LogP contribution in [0.1, 0.15) is 36.5 Å². The molecular formula is C13H17BrN2O3. The molecule has 1 atom stereocenters. The molecule has 0 aliphatic heterocycles. The Bertz CT molecular complexity index is 477. The summed E-state index contributed by atoms with van der Waals surface area (Å²) in [4.78, 5) is 23.0. The molecule has 0 aliphatic carbocycles. The van der Waals surface area contributed by atoms with Gasteiger partial charge in [-0.3, -0.25) is 4.79 Å². The highest BCUT2D eigenvalue weighted by Crippen LogP contribution is 2.20. The van der Waals surface area contributed by atoms with Crippen LogP contribution in [0.3, 0.4) is 0 Å². The second-order valence-electron chi connectivity index (χ2n) is 4.24. The average molecular weight is 329 g/mol. The van der Waals surface area contributed by atoms with E-state index in [4.69, 9.17) is 10.8 Å². The first-order valence-electron chi connectivity index (χ1n) is 6.04. The molecule has 0 bridgehead atoms. The second-order valence-corrected chi connectivity index (χ2v) is 5.10. The van der Waals surface area contributed by atoms with E-state index in [0.29, 0.717) is 22.1 Å². The maximum Gasteiger partial charge on any atom is 0.326 e. The Kier molecular flexibility index (Phi) is 5.82. The van der Waals surface area contributed by atoms with Crippen molar-refractivity contribution in [1.29, 1.82) is 0 Å². The van der Waals surface area contributed by atoms with Crippen molar-refractivity contribution in [3.63, 3.8) is 0 Å². The number of anilines is 1. The quantitative estimate of drug-likeness (QED) is 0.699. The van der Waals surface area contributed by atoms with E-state index in [1.165, 1.54) is 6.07 Å². The fraction of sp³-hybridized carbons (Fsp3) is 0.385. The van der Waals surface area contributed by atoms with Gasteiger partial charge in [0.05, 0.1) is 0 Å². The third-order valence-corrected chi connectivity index (χ3v) is 3.43. The Morgan fingerprint density at radius 1 is 1.47 bits per heavy atom. The van der Waals surface area contributed by atoms with Crippen molar-refractivity contribution in [2.45, 2.75) is 32.2 Å². The SMILES string of the molecule is CCCCC(NC(=O)c1ccc(Br)c(N)c1)C(=O)O. The number of carboxylic acids is 1. The van der Waals surface area contributed by atoms with Gasteiger partial charge in [0.1, 0.15) is 6.04 Å². The number of hydrogen-bond acceptors (Lipinski definition) is 3. The van der Waals surface area contributed by atoms with Crippen molar-refractivity contribution in [3.05, 3.63) is 28.2 Å². The average Bonchev–Trinajstić information content (AvgIpc) is 2.37. The topological polar surface area (TPSA) is 92.4 Å². The van der Waals surface area contributed by atoms with Gasteiger partial charge in [-0.15, -0.1) is 0 Å². The molecular weight excluding hydrogens is 312 g/mol. The Morgan fingerprint density at radius 2 is 2.16 bits per heavy atom. The maximum atomic E-state index is 11.9. The number of nitrogen functional groups attached to an aromatic ring is 1. The molecule has 0 aliphatic rings. The van der Waals surface area contributed by atoms with Gasteiger partial charge in [0.2, 0.25) is 0 Å². The summed E-state index contributed by atoms with van der Waals surface area (Å²) < 4.78 is 0.699. The lowest BCUT2D eigenvalue weighted by Gasteiger charge is -2.14. The van der Waals surface area contributed by atoms with Crippen molar-refractivity contribution in [3.8, 4) is 0 Å². The first kappa shape index (κ1) is 15.5. The summed E-state index contributed by atoms with van der Waals surface area (Å²) in [5.74, 6) is -1.45. The molecule has 5 nitrogen and oxygen atoms in total. The lowest BCUT2D eigenvalue weighted by atomic mass is 10.1. The summed E-state index contributed by atoms with van der Waals surface area (Å²) in [5.41, 5.74) is 6.47. The zero-order valence-corrected chi connectivity index (χ0v) is 12.2. The van der Waals surface area contributed by atoms with Crippen LogP contribution >= 0.6 is 15.9 Å². The van der Waals surface area contributed by atoms with E-state index in [1.807, 2.05) is 6.92 Å². The summed E-state index contributed by atoms with van der Waals surface area (Å²) in [6.45, 7) is 1.97. The smallest absolute Gasteiger partial charge is 0.326 e. The largest absolute Gasteiger partial charge is 0.480 e. The lowest BCUT2D eigenvalue weighted by molar-refractivity contribution is -0.139. The summed E-state index contributed by atoms with van der Waals surface area (Å²) >= 11 is 3.24. The minimum absolute atomic E-state index is 0.350. The molecule has 1 amide bonds.